The Morgan fingerprint density at radius 3 is 2.27 bits per heavy atom. The van der Waals surface area contributed by atoms with E-state index >= 15 is 0 Å². The summed E-state index contributed by atoms with van der Waals surface area (Å²) in [5.41, 5.74) is 0.322. The van der Waals surface area contributed by atoms with Crippen molar-refractivity contribution in [3.05, 3.63) is 35.1 Å². The number of hydrogen-bond donors (Lipinski definition) is 1. The van der Waals surface area contributed by atoms with Crippen LogP contribution in [0.1, 0.15) is 37.3 Å². The zero-order valence-electron chi connectivity index (χ0n) is 12.5. The molecule has 2 aliphatic rings. The molecule has 1 aliphatic heterocycles. The van der Waals surface area contributed by atoms with Crippen LogP contribution in [0.25, 0.3) is 0 Å². The third kappa shape index (κ3) is 3.42. The fourth-order valence-electron chi connectivity index (χ4n) is 3.75. The minimum atomic E-state index is -1.34. The maximum absolute atomic E-state index is 14.3. The van der Waals surface area contributed by atoms with E-state index in [2.05, 4.69) is 10.2 Å². The summed E-state index contributed by atoms with van der Waals surface area (Å²) in [6.45, 7) is 3.35. The molecule has 1 N–H and O–H groups in total. The monoisotopic (exact) mass is 334 g/mol. The molecule has 0 aromatic heterocycles. The molecule has 2 fully saturated rings. The number of benzene rings is 1. The minimum Gasteiger partial charge on any atom is -0.314 e. The molecule has 0 bridgehead atoms. The first-order chi connectivity index (χ1) is 10.2. The molecule has 22 heavy (non-hydrogen) atoms. The number of rotatable bonds is 3. The summed E-state index contributed by atoms with van der Waals surface area (Å²) in [7, 11) is 0. The molecular weight excluding hydrogens is 313 g/mol. The molecule has 1 aromatic carbocycles. The standard InChI is InChI=1S/C16H21F3N2.ClH/c17-13-6-5-12(14(18)15(13)19)16(11-3-1-2-4-11)21-9-7-20-8-10-21;/h5-6,11,16,20H,1-4,7-10H2;1H/t16-;/m0./s1. The Kier molecular flexibility index (Phi) is 6.12. The van der Waals surface area contributed by atoms with Crippen molar-refractivity contribution in [2.24, 2.45) is 5.92 Å². The molecule has 1 atom stereocenters. The summed E-state index contributed by atoms with van der Waals surface area (Å²) in [5, 5.41) is 3.28. The molecule has 1 aromatic rings. The molecule has 2 nitrogen and oxygen atoms in total. The van der Waals surface area contributed by atoms with Crippen molar-refractivity contribution in [1.82, 2.24) is 10.2 Å². The van der Waals surface area contributed by atoms with E-state index in [9.17, 15) is 13.2 Å². The molecule has 0 spiro atoms. The maximum atomic E-state index is 14.3. The van der Waals surface area contributed by atoms with Crippen LogP contribution in [0.3, 0.4) is 0 Å². The second kappa shape index (κ2) is 7.66. The Morgan fingerprint density at radius 2 is 1.64 bits per heavy atom. The van der Waals surface area contributed by atoms with Crippen LogP contribution in [0.15, 0.2) is 12.1 Å². The Morgan fingerprint density at radius 1 is 1.00 bits per heavy atom. The van der Waals surface area contributed by atoms with Crippen molar-refractivity contribution in [3.63, 3.8) is 0 Å². The highest BCUT2D eigenvalue weighted by Crippen LogP contribution is 2.41. The Balaban J connectivity index is 0.00000176. The Bertz CT molecular complexity index is 500. The number of piperazine rings is 1. The normalized spacial score (nSPS) is 21.6. The van der Waals surface area contributed by atoms with Gasteiger partial charge in [-0.25, -0.2) is 13.2 Å². The lowest BCUT2D eigenvalue weighted by Gasteiger charge is -2.38. The maximum Gasteiger partial charge on any atom is 0.194 e. The zero-order chi connectivity index (χ0) is 14.8. The highest BCUT2D eigenvalue weighted by atomic mass is 35.5. The van der Waals surface area contributed by atoms with E-state index in [-0.39, 0.29) is 18.4 Å². The van der Waals surface area contributed by atoms with Gasteiger partial charge in [0.25, 0.3) is 0 Å². The smallest absolute Gasteiger partial charge is 0.194 e. The van der Waals surface area contributed by atoms with Gasteiger partial charge in [0, 0.05) is 37.8 Å². The molecule has 1 saturated heterocycles. The lowest BCUT2D eigenvalue weighted by atomic mass is 9.89. The van der Waals surface area contributed by atoms with Gasteiger partial charge in [0.15, 0.2) is 17.5 Å². The van der Waals surface area contributed by atoms with Gasteiger partial charge in [-0.15, -0.1) is 12.4 Å². The van der Waals surface area contributed by atoms with Crippen molar-refractivity contribution < 1.29 is 13.2 Å². The summed E-state index contributed by atoms with van der Waals surface area (Å²) in [5.74, 6) is -3.12. The van der Waals surface area contributed by atoms with Crippen LogP contribution >= 0.6 is 12.4 Å². The molecule has 1 saturated carbocycles. The van der Waals surface area contributed by atoms with E-state index in [1.807, 2.05) is 0 Å². The molecule has 124 valence electrons. The van der Waals surface area contributed by atoms with Crippen LogP contribution in [-0.2, 0) is 0 Å². The fourth-order valence-corrected chi connectivity index (χ4v) is 3.75. The number of nitrogens with zero attached hydrogens (tertiary/aromatic N) is 1. The van der Waals surface area contributed by atoms with Gasteiger partial charge in [-0.05, 0) is 24.8 Å². The van der Waals surface area contributed by atoms with Crippen LogP contribution in [0, 0.1) is 23.4 Å². The Hall–Kier alpha value is -0.780. The van der Waals surface area contributed by atoms with E-state index in [0.717, 1.165) is 57.9 Å². The summed E-state index contributed by atoms with van der Waals surface area (Å²) < 4.78 is 41.1. The van der Waals surface area contributed by atoms with Crippen molar-refractivity contribution in [2.45, 2.75) is 31.7 Å². The first kappa shape index (κ1) is 17.6. The first-order valence-electron chi connectivity index (χ1n) is 7.76. The van der Waals surface area contributed by atoms with Gasteiger partial charge in [-0.2, -0.15) is 0 Å². The van der Waals surface area contributed by atoms with Crippen LogP contribution < -0.4 is 5.32 Å². The van der Waals surface area contributed by atoms with Crippen LogP contribution in [-0.4, -0.2) is 31.1 Å². The zero-order valence-corrected chi connectivity index (χ0v) is 13.3. The number of hydrogen-bond acceptors (Lipinski definition) is 2. The minimum absolute atomic E-state index is 0. The van der Waals surface area contributed by atoms with Gasteiger partial charge in [0.05, 0.1) is 0 Å². The SMILES string of the molecule is Cl.Fc1ccc([C@H](C2CCCC2)N2CCNCC2)c(F)c1F. The highest BCUT2D eigenvalue weighted by molar-refractivity contribution is 5.85. The molecule has 0 unspecified atom stereocenters. The van der Waals surface area contributed by atoms with E-state index in [1.54, 1.807) is 0 Å². The summed E-state index contributed by atoms with van der Waals surface area (Å²) in [6, 6.07) is 2.35. The highest BCUT2D eigenvalue weighted by Gasteiger charge is 2.34. The fraction of sp³-hybridized carbons (Fsp3) is 0.625. The van der Waals surface area contributed by atoms with Crippen molar-refractivity contribution >= 4 is 12.4 Å². The van der Waals surface area contributed by atoms with E-state index in [1.165, 1.54) is 6.07 Å². The predicted octanol–water partition coefficient (Wildman–Crippen LogP) is 3.66. The van der Waals surface area contributed by atoms with E-state index < -0.39 is 17.5 Å². The number of halogens is 4. The third-order valence-corrected chi connectivity index (χ3v) is 4.78. The first-order valence-corrected chi connectivity index (χ1v) is 7.76. The van der Waals surface area contributed by atoms with Gasteiger partial charge < -0.3 is 5.32 Å². The molecule has 1 heterocycles. The lowest BCUT2D eigenvalue weighted by Crippen LogP contribution is -2.47. The van der Waals surface area contributed by atoms with Gasteiger partial charge in [0.1, 0.15) is 0 Å². The average Bonchev–Trinajstić information content (AvgIpc) is 3.03. The predicted molar refractivity (Wildman–Crippen MR) is 82.7 cm³/mol. The van der Waals surface area contributed by atoms with E-state index in [4.69, 9.17) is 0 Å². The quantitative estimate of drug-likeness (QED) is 0.849. The van der Waals surface area contributed by atoms with Crippen molar-refractivity contribution in [1.29, 1.82) is 0 Å². The Labute approximate surface area is 135 Å². The van der Waals surface area contributed by atoms with Gasteiger partial charge in [-0.3, -0.25) is 4.90 Å². The van der Waals surface area contributed by atoms with Crippen LogP contribution in [0.2, 0.25) is 0 Å². The van der Waals surface area contributed by atoms with Crippen LogP contribution in [0.4, 0.5) is 13.2 Å². The number of nitrogens with one attached hydrogen (secondary N) is 1. The second-order valence-corrected chi connectivity index (χ2v) is 6.04. The molecule has 1 aliphatic carbocycles. The molecule has 3 rings (SSSR count). The summed E-state index contributed by atoms with van der Waals surface area (Å²) in [4.78, 5) is 2.22. The summed E-state index contributed by atoms with van der Waals surface area (Å²) >= 11 is 0. The molecule has 0 amide bonds. The van der Waals surface area contributed by atoms with Crippen molar-refractivity contribution in [2.75, 3.05) is 26.2 Å². The van der Waals surface area contributed by atoms with Crippen LogP contribution in [0.5, 0.6) is 0 Å². The van der Waals surface area contributed by atoms with Gasteiger partial charge in [0.2, 0.25) is 0 Å². The van der Waals surface area contributed by atoms with Gasteiger partial charge >= 0.3 is 0 Å². The van der Waals surface area contributed by atoms with Gasteiger partial charge in [-0.1, -0.05) is 18.9 Å². The lowest BCUT2D eigenvalue weighted by molar-refractivity contribution is 0.121. The molecular formula is C16H22ClF3N2. The average molecular weight is 335 g/mol. The largest absolute Gasteiger partial charge is 0.314 e. The third-order valence-electron chi connectivity index (χ3n) is 4.78. The molecule has 6 heteroatoms. The second-order valence-electron chi connectivity index (χ2n) is 6.04. The van der Waals surface area contributed by atoms with E-state index in [0.29, 0.717) is 11.5 Å². The topological polar surface area (TPSA) is 15.3 Å². The summed E-state index contributed by atoms with van der Waals surface area (Å²) in [6.07, 6.45) is 4.34. The van der Waals surface area contributed by atoms with Crippen molar-refractivity contribution in [3.8, 4) is 0 Å². The molecule has 0 radical (unpaired) electrons.